The molecule has 0 atom stereocenters. The van der Waals surface area contributed by atoms with Crippen molar-refractivity contribution in [3.05, 3.63) is 29.8 Å². The van der Waals surface area contributed by atoms with Crippen LogP contribution in [0.2, 0.25) is 0 Å². The maximum absolute atomic E-state index is 12.3. The fourth-order valence-electron chi connectivity index (χ4n) is 1.82. The van der Waals surface area contributed by atoms with Crippen molar-refractivity contribution in [1.29, 1.82) is 0 Å². The normalized spacial score (nSPS) is 12.4. The van der Waals surface area contributed by atoms with Gasteiger partial charge in [-0.25, -0.2) is 13.4 Å². The third-order valence-electron chi connectivity index (χ3n) is 2.93. The van der Waals surface area contributed by atoms with E-state index in [1.807, 2.05) is 0 Å². The first-order valence-corrected chi connectivity index (χ1v) is 8.23. The average Bonchev–Trinajstić information content (AvgIpc) is 2.46. The van der Waals surface area contributed by atoms with E-state index in [4.69, 9.17) is 17.2 Å². The Labute approximate surface area is 130 Å². The third-order valence-corrected chi connectivity index (χ3v) is 5.00. The Hall–Kier alpha value is -2.13. The van der Waals surface area contributed by atoms with Crippen LogP contribution in [0.3, 0.4) is 0 Å². The van der Waals surface area contributed by atoms with Gasteiger partial charge < -0.3 is 17.2 Å². The lowest BCUT2D eigenvalue weighted by Crippen LogP contribution is -2.30. The van der Waals surface area contributed by atoms with E-state index in [-0.39, 0.29) is 23.4 Å². The van der Waals surface area contributed by atoms with Crippen LogP contribution in [0, 0.1) is 0 Å². The highest BCUT2D eigenvalue weighted by molar-refractivity contribution is 7.89. The number of hydrogen-bond acceptors (Lipinski definition) is 3. The van der Waals surface area contributed by atoms with Crippen LogP contribution in [0.5, 0.6) is 0 Å². The second kappa shape index (κ2) is 7.76. The van der Waals surface area contributed by atoms with Gasteiger partial charge in [-0.2, -0.15) is 9.30 Å². The van der Waals surface area contributed by atoms with Crippen molar-refractivity contribution in [2.75, 3.05) is 13.1 Å². The smallest absolute Gasteiger partial charge is 0.243 e. The minimum Gasteiger partial charge on any atom is -0.370 e. The molecule has 0 saturated heterocycles. The maximum atomic E-state index is 12.3. The summed E-state index contributed by atoms with van der Waals surface area (Å²) in [4.78, 5) is 7.82. The van der Waals surface area contributed by atoms with Gasteiger partial charge in [0, 0.05) is 13.1 Å². The van der Waals surface area contributed by atoms with Crippen LogP contribution in [-0.4, -0.2) is 37.7 Å². The molecule has 1 rings (SSSR count). The van der Waals surface area contributed by atoms with Crippen LogP contribution < -0.4 is 17.2 Å². The molecule has 0 aliphatic carbocycles. The Morgan fingerprint density at radius 1 is 1.09 bits per heavy atom. The molecule has 122 valence electrons. The van der Waals surface area contributed by atoms with E-state index in [9.17, 15) is 8.42 Å². The zero-order chi connectivity index (χ0) is 16.8. The van der Waals surface area contributed by atoms with Crippen LogP contribution in [0.15, 0.2) is 39.1 Å². The number of rotatable bonds is 6. The monoisotopic (exact) mass is 326 g/mol. The van der Waals surface area contributed by atoms with Gasteiger partial charge in [0.05, 0.1) is 11.4 Å². The quantitative estimate of drug-likeness (QED) is 0.490. The molecule has 0 heterocycles. The molecule has 9 heteroatoms. The fourth-order valence-corrected chi connectivity index (χ4v) is 3.28. The Kier molecular flexibility index (Phi) is 6.32. The summed E-state index contributed by atoms with van der Waals surface area (Å²) in [5.41, 5.74) is 16.7. The highest BCUT2D eigenvalue weighted by Crippen LogP contribution is 2.16. The molecule has 0 aromatic heterocycles. The second-order valence-electron chi connectivity index (χ2n) is 4.44. The standard InChI is InChI=1S/C13H22N6O2S/c1-3-19(4-2)22(20,21)11-7-5-10(6-8-11)9-17-13(16)18-12(14)15/h5-8H,3-4,9H2,1-2H3,(H6,14,15,16,17,18). The minimum absolute atomic E-state index is 0.0279. The van der Waals surface area contributed by atoms with Crippen LogP contribution in [0.25, 0.3) is 0 Å². The van der Waals surface area contributed by atoms with Gasteiger partial charge in [-0.3, -0.25) is 0 Å². The number of nitrogens with zero attached hydrogens (tertiary/aromatic N) is 3. The summed E-state index contributed by atoms with van der Waals surface area (Å²) in [5, 5.41) is 0. The summed E-state index contributed by atoms with van der Waals surface area (Å²) in [6, 6.07) is 6.47. The lowest BCUT2D eigenvalue weighted by atomic mass is 10.2. The van der Waals surface area contributed by atoms with Crippen LogP contribution >= 0.6 is 0 Å². The Bertz CT molecular complexity index is 644. The van der Waals surface area contributed by atoms with E-state index < -0.39 is 10.0 Å². The molecule has 0 unspecified atom stereocenters. The zero-order valence-electron chi connectivity index (χ0n) is 12.7. The molecule has 0 amide bonds. The lowest BCUT2D eigenvalue weighted by Gasteiger charge is -2.18. The van der Waals surface area contributed by atoms with E-state index in [0.717, 1.165) is 5.56 Å². The summed E-state index contributed by atoms with van der Waals surface area (Å²) >= 11 is 0. The number of hydrogen-bond donors (Lipinski definition) is 3. The molecule has 0 saturated carbocycles. The molecule has 0 bridgehead atoms. The first-order valence-electron chi connectivity index (χ1n) is 6.79. The van der Waals surface area contributed by atoms with Crippen LogP contribution in [0.4, 0.5) is 0 Å². The molecule has 0 aliphatic heterocycles. The Morgan fingerprint density at radius 3 is 2.09 bits per heavy atom. The van der Waals surface area contributed by atoms with Gasteiger partial charge in [0.1, 0.15) is 0 Å². The Morgan fingerprint density at radius 2 is 1.64 bits per heavy atom. The number of sulfonamides is 1. The molecule has 0 aliphatic rings. The van der Waals surface area contributed by atoms with Gasteiger partial charge in [0.25, 0.3) is 0 Å². The van der Waals surface area contributed by atoms with Crippen molar-refractivity contribution >= 4 is 21.9 Å². The van der Waals surface area contributed by atoms with Crippen molar-refractivity contribution in [2.45, 2.75) is 25.3 Å². The molecule has 1 aromatic rings. The van der Waals surface area contributed by atoms with Gasteiger partial charge in [0.15, 0.2) is 5.96 Å². The van der Waals surface area contributed by atoms with Gasteiger partial charge in [-0.1, -0.05) is 26.0 Å². The predicted octanol–water partition coefficient (Wildman–Crippen LogP) is -0.195. The van der Waals surface area contributed by atoms with Crippen molar-refractivity contribution in [2.24, 2.45) is 27.2 Å². The number of aliphatic imine (C=N–C) groups is 2. The first kappa shape index (κ1) is 17.9. The highest BCUT2D eigenvalue weighted by Gasteiger charge is 2.20. The largest absolute Gasteiger partial charge is 0.370 e. The minimum atomic E-state index is -3.45. The molecule has 0 spiro atoms. The van der Waals surface area contributed by atoms with Crippen molar-refractivity contribution in [3.8, 4) is 0 Å². The molecular weight excluding hydrogens is 304 g/mol. The van der Waals surface area contributed by atoms with Crippen molar-refractivity contribution < 1.29 is 8.42 Å². The predicted molar refractivity (Wildman–Crippen MR) is 87.7 cm³/mol. The average molecular weight is 326 g/mol. The van der Waals surface area contributed by atoms with Gasteiger partial charge in [-0.15, -0.1) is 0 Å². The highest BCUT2D eigenvalue weighted by atomic mass is 32.2. The van der Waals surface area contributed by atoms with E-state index >= 15 is 0 Å². The molecule has 6 N–H and O–H groups in total. The topological polar surface area (TPSA) is 140 Å². The maximum Gasteiger partial charge on any atom is 0.243 e. The lowest BCUT2D eigenvalue weighted by molar-refractivity contribution is 0.445. The van der Waals surface area contributed by atoms with Gasteiger partial charge in [0.2, 0.25) is 16.0 Å². The second-order valence-corrected chi connectivity index (χ2v) is 6.38. The number of guanidine groups is 2. The van der Waals surface area contributed by atoms with Gasteiger partial charge >= 0.3 is 0 Å². The van der Waals surface area contributed by atoms with Gasteiger partial charge in [-0.05, 0) is 17.7 Å². The van der Waals surface area contributed by atoms with E-state index in [1.165, 1.54) is 4.31 Å². The van der Waals surface area contributed by atoms with E-state index in [1.54, 1.807) is 38.1 Å². The van der Waals surface area contributed by atoms with Crippen molar-refractivity contribution in [1.82, 2.24) is 4.31 Å². The first-order chi connectivity index (χ1) is 10.3. The molecular formula is C13H22N6O2S. The number of nitrogens with two attached hydrogens (primary N) is 3. The molecule has 0 fully saturated rings. The SMILES string of the molecule is CCN(CC)S(=O)(=O)c1ccc(CN=C(N)N=C(N)N)cc1. The van der Waals surface area contributed by atoms with Crippen LogP contribution in [-0.2, 0) is 16.6 Å². The Balaban J connectivity index is 2.90. The van der Waals surface area contributed by atoms with E-state index in [2.05, 4.69) is 9.98 Å². The van der Waals surface area contributed by atoms with Crippen molar-refractivity contribution in [3.63, 3.8) is 0 Å². The molecule has 22 heavy (non-hydrogen) atoms. The summed E-state index contributed by atoms with van der Waals surface area (Å²) in [7, 11) is -3.45. The molecule has 1 aromatic carbocycles. The summed E-state index contributed by atoms with van der Waals surface area (Å²) in [5.74, 6) is -0.193. The zero-order valence-corrected chi connectivity index (χ0v) is 13.5. The third kappa shape index (κ3) is 4.71. The molecule has 0 radical (unpaired) electrons. The summed E-state index contributed by atoms with van der Waals surface area (Å²) < 4.78 is 26.1. The van der Waals surface area contributed by atoms with Crippen LogP contribution in [0.1, 0.15) is 19.4 Å². The van der Waals surface area contributed by atoms with E-state index in [0.29, 0.717) is 13.1 Å². The number of benzene rings is 1. The summed E-state index contributed by atoms with van der Waals surface area (Å²) in [6.45, 7) is 4.72. The molecule has 8 nitrogen and oxygen atoms in total. The fraction of sp³-hybridized carbons (Fsp3) is 0.385. The summed E-state index contributed by atoms with van der Waals surface area (Å²) in [6.07, 6.45) is 0.